The number of esters is 1. The molecule has 29 heavy (non-hydrogen) atoms. The van der Waals surface area contributed by atoms with Crippen LogP contribution in [0.5, 0.6) is 0 Å². The predicted octanol–water partition coefficient (Wildman–Crippen LogP) is 6.22. The second kappa shape index (κ2) is 8.76. The number of thioether (sulfide) groups is 1. The maximum atomic E-state index is 12.2. The Morgan fingerprint density at radius 3 is 2.72 bits per heavy atom. The smallest absolute Gasteiger partial charge is 0.338 e. The number of rotatable bonds is 6. The first-order valence-corrected chi connectivity index (χ1v) is 11.2. The van der Waals surface area contributed by atoms with Gasteiger partial charge in [0, 0.05) is 16.7 Å². The molecular weight excluding hydrogens is 400 g/mol. The summed E-state index contributed by atoms with van der Waals surface area (Å²) in [7, 11) is 0. The van der Waals surface area contributed by atoms with Gasteiger partial charge < -0.3 is 4.74 Å². The molecule has 4 rings (SSSR count). The molecule has 0 radical (unpaired) electrons. The number of nitrogens with zero attached hydrogens (tertiary/aromatic N) is 2. The van der Waals surface area contributed by atoms with E-state index in [-0.39, 0.29) is 12.1 Å². The molecule has 6 heteroatoms. The zero-order valence-electron chi connectivity index (χ0n) is 16.2. The van der Waals surface area contributed by atoms with Gasteiger partial charge in [0.2, 0.25) is 0 Å². The SMILES string of the molecule is CC(C)OC(=O)c1cccc(CSc2ncnc3scc(-c4ccccc4)c23)c1. The summed E-state index contributed by atoms with van der Waals surface area (Å²) in [4.78, 5) is 22.1. The van der Waals surface area contributed by atoms with Gasteiger partial charge in [0.05, 0.1) is 17.1 Å². The molecule has 0 fully saturated rings. The normalized spacial score (nSPS) is 11.1. The minimum Gasteiger partial charge on any atom is -0.459 e. The number of thiophene rings is 1. The highest BCUT2D eigenvalue weighted by atomic mass is 32.2. The lowest BCUT2D eigenvalue weighted by molar-refractivity contribution is 0.0378. The fourth-order valence-corrected chi connectivity index (χ4v) is 4.95. The minimum atomic E-state index is -0.291. The lowest BCUT2D eigenvalue weighted by Crippen LogP contribution is -2.11. The number of aromatic nitrogens is 2. The number of carbonyl (C=O) groups is 1. The average Bonchev–Trinajstić information content (AvgIpc) is 3.17. The summed E-state index contributed by atoms with van der Waals surface area (Å²) in [6, 6.07) is 17.9. The van der Waals surface area contributed by atoms with Crippen molar-refractivity contribution in [2.75, 3.05) is 0 Å². The largest absolute Gasteiger partial charge is 0.459 e. The van der Waals surface area contributed by atoms with E-state index in [0.717, 1.165) is 31.9 Å². The summed E-state index contributed by atoms with van der Waals surface area (Å²) in [5, 5.41) is 4.18. The van der Waals surface area contributed by atoms with Gasteiger partial charge >= 0.3 is 5.97 Å². The molecule has 0 unspecified atom stereocenters. The summed E-state index contributed by atoms with van der Waals surface area (Å²) >= 11 is 3.29. The van der Waals surface area contributed by atoms with Gasteiger partial charge in [0.15, 0.2) is 0 Å². The molecule has 0 saturated carbocycles. The van der Waals surface area contributed by atoms with E-state index in [9.17, 15) is 4.79 Å². The third-order valence-electron chi connectivity index (χ3n) is 4.30. The molecule has 0 aliphatic rings. The van der Waals surface area contributed by atoms with Crippen LogP contribution in [-0.2, 0) is 10.5 Å². The van der Waals surface area contributed by atoms with E-state index in [1.807, 2.05) is 50.2 Å². The first-order chi connectivity index (χ1) is 14.1. The summed E-state index contributed by atoms with van der Waals surface area (Å²) in [6.45, 7) is 3.70. The van der Waals surface area contributed by atoms with Crippen LogP contribution in [0.25, 0.3) is 21.3 Å². The van der Waals surface area contributed by atoms with Crippen molar-refractivity contribution in [3.63, 3.8) is 0 Å². The zero-order valence-corrected chi connectivity index (χ0v) is 17.8. The van der Waals surface area contributed by atoms with Gasteiger partial charge in [0.1, 0.15) is 16.2 Å². The Morgan fingerprint density at radius 2 is 1.93 bits per heavy atom. The number of benzene rings is 2. The van der Waals surface area contributed by atoms with Crippen LogP contribution in [0.15, 0.2) is 71.3 Å². The minimum absolute atomic E-state index is 0.134. The summed E-state index contributed by atoms with van der Waals surface area (Å²) in [5.74, 6) is 0.416. The number of hydrogen-bond acceptors (Lipinski definition) is 6. The molecule has 2 aromatic carbocycles. The van der Waals surface area contributed by atoms with Gasteiger partial charge in [-0.1, -0.05) is 42.5 Å². The van der Waals surface area contributed by atoms with Crippen molar-refractivity contribution in [2.24, 2.45) is 0 Å². The van der Waals surface area contributed by atoms with Crippen LogP contribution in [0.3, 0.4) is 0 Å². The molecule has 2 heterocycles. The van der Waals surface area contributed by atoms with Crippen molar-refractivity contribution in [3.8, 4) is 11.1 Å². The van der Waals surface area contributed by atoms with Crippen LogP contribution in [-0.4, -0.2) is 22.0 Å². The molecular formula is C23H20N2O2S2. The van der Waals surface area contributed by atoms with Gasteiger partial charge in [-0.05, 0) is 37.1 Å². The van der Waals surface area contributed by atoms with E-state index in [4.69, 9.17) is 4.74 Å². The zero-order chi connectivity index (χ0) is 20.2. The van der Waals surface area contributed by atoms with Crippen LogP contribution >= 0.6 is 23.1 Å². The van der Waals surface area contributed by atoms with Crippen molar-refractivity contribution in [2.45, 2.75) is 30.7 Å². The Balaban J connectivity index is 1.60. The van der Waals surface area contributed by atoms with Crippen LogP contribution in [0.4, 0.5) is 0 Å². The van der Waals surface area contributed by atoms with E-state index in [1.54, 1.807) is 35.5 Å². The fraction of sp³-hybridized carbons (Fsp3) is 0.174. The first-order valence-electron chi connectivity index (χ1n) is 9.32. The third kappa shape index (κ3) is 4.49. The molecule has 2 aromatic heterocycles. The Kier molecular flexibility index (Phi) is 5.92. The van der Waals surface area contributed by atoms with Gasteiger partial charge in [-0.15, -0.1) is 23.1 Å². The molecule has 0 spiro atoms. The van der Waals surface area contributed by atoms with Crippen molar-refractivity contribution in [3.05, 3.63) is 77.4 Å². The average molecular weight is 421 g/mol. The molecule has 0 atom stereocenters. The van der Waals surface area contributed by atoms with Gasteiger partial charge in [0.25, 0.3) is 0 Å². The van der Waals surface area contributed by atoms with Crippen LogP contribution < -0.4 is 0 Å². The topological polar surface area (TPSA) is 52.1 Å². The Hall–Kier alpha value is -2.70. The molecule has 0 aliphatic heterocycles. The number of hydrogen-bond donors (Lipinski definition) is 0. The van der Waals surface area contributed by atoms with Crippen molar-refractivity contribution in [1.29, 1.82) is 0 Å². The summed E-state index contributed by atoms with van der Waals surface area (Å²) < 4.78 is 5.30. The standard InChI is InChI=1S/C23H20N2O2S2/c1-15(2)27-23(26)18-10-6-7-16(11-18)12-28-21-20-19(17-8-4-3-5-9-17)13-29-22(20)25-14-24-21/h3-11,13-15H,12H2,1-2H3. The highest BCUT2D eigenvalue weighted by Gasteiger charge is 2.14. The van der Waals surface area contributed by atoms with E-state index >= 15 is 0 Å². The maximum absolute atomic E-state index is 12.2. The lowest BCUT2D eigenvalue weighted by atomic mass is 10.1. The second-order valence-electron chi connectivity index (χ2n) is 6.82. The quantitative estimate of drug-likeness (QED) is 0.211. The summed E-state index contributed by atoms with van der Waals surface area (Å²) in [5.41, 5.74) is 3.94. The Bertz CT molecular complexity index is 1140. The Morgan fingerprint density at radius 1 is 1.10 bits per heavy atom. The van der Waals surface area contributed by atoms with E-state index in [1.165, 1.54) is 0 Å². The molecule has 0 N–H and O–H groups in total. The van der Waals surface area contributed by atoms with Crippen molar-refractivity contribution < 1.29 is 9.53 Å². The molecule has 0 amide bonds. The van der Waals surface area contributed by atoms with E-state index in [2.05, 4.69) is 27.5 Å². The lowest BCUT2D eigenvalue weighted by Gasteiger charge is -2.09. The monoisotopic (exact) mass is 420 g/mol. The van der Waals surface area contributed by atoms with Crippen molar-refractivity contribution in [1.82, 2.24) is 9.97 Å². The number of fused-ring (bicyclic) bond motifs is 1. The molecule has 0 bridgehead atoms. The molecule has 4 aromatic rings. The first kappa shape index (κ1) is 19.6. The van der Waals surface area contributed by atoms with E-state index < -0.39 is 0 Å². The second-order valence-corrected chi connectivity index (χ2v) is 8.64. The molecule has 0 aliphatic carbocycles. The van der Waals surface area contributed by atoms with Crippen molar-refractivity contribution >= 4 is 39.3 Å². The fourth-order valence-electron chi connectivity index (χ4n) is 3.01. The van der Waals surface area contributed by atoms with Gasteiger partial charge in [-0.25, -0.2) is 14.8 Å². The van der Waals surface area contributed by atoms with Gasteiger partial charge in [-0.3, -0.25) is 0 Å². The highest BCUT2D eigenvalue weighted by molar-refractivity contribution is 7.98. The van der Waals surface area contributed by atoms with Gasteiger partial charge in [-0.2, -0.15) is 0 Å². The number of carbonyl (C=O) groups excluding carboxylic acids is 1. The molecule has 0 saturated heterocycles. The van der Waals surface area contributed by atoms with Crippen LogP contribution in [0.1, 0.15) is 29.8 Å². The number of ether oxygens (including phenoxy) is 1. The predicted molar refractivity (Wildman–Crippen MR) is 119 cm³/mol. The Labute approximate surface area is 178 Å². The maximum Gasteiger partial charge on any atom is 0.338 e. The summed E-state index contributed by atoms with van der Waals surface area (Å²) in [6.07, 6.45) is 1.48. The molecule has 146 valence electrons. The van der Waals surface area contributed by atoms with E-state index in [0.29, 0.717) is 11.3 Å². The van der Waals surface area contributed by atoms with Crippen LogP contribution in [0.2, 0.25) is 0 Å². The highest BCUT2D eigenvalue weighted by Crippen LogP contribution is 2.38. The molecule has 4 nitrogen and oxygen atoms in total. The van der Waals surface area contributed by atoms with Crippen LogP contribution in [0, 0.1) is 0 Å². The third-order valence-corrected chi connectivity index (χ3v) is 6.25.